The second-order valence-corrected chi connectivity index (χ2v) is 5.38. The van der Waals surface area contributed by atoms with Crippen molar-refractivity contribution >= 4 is 5.91 Å². The van der Waals surface area contributed by atoms with Crippen LogP contribution in [0, 0.1) is 34.8 Å². The zero-order chi connectivity index (χ0) is 17.4. The molecule has 1 aliphatic heterocycles. The van der Waals surface area contributed by atoms with E-state index in [1.165, 1.54) is 0 Å². The third kappa shape index (κ3) is 3.59. The molecule has 124 valence electrons. The van der Waals surface area contributed by atoms with Gasteiger partial charge in [0.1, 0.15) is 11.6 Å². The Morgan fingerprint density at radius 1 is 1.30 bits per heavy atom. The minimum Gasteiger partial charge on any atom is -0.369 e. The maximum Gasteiger partial charge on any atom is 0.393 e. The minimum atomic E-state index is -4.63. The van der Waals surface area contributed by atoms with E-state index in [1.54, 1.807) is 6.07 Å². The Morgan fingerprint density at radius 2 is 1.87 bits per heavy atom. The van der Waals surface area contributed by atoms with Crippen LogP contribution in [0.3, 0.4) is 0 Å². The molecule has 1 aromatic rings. The fourth-order valence-electron chi connectivity index (χ4n) is 2.68. The zero-order valence-electron chi connectivity index (χ0n) is 11.7. The summed E-state index contributed by atoms with van der Waals surface area (Å²) in [6.45, 7) is -1.35. The van der Waals surface area contributed by atoms with Crippen molar-refractivity contribution in [3.8, 4) is 6.07 Å². The van der Waals surface area contributed by atoms with Crippen molar-refractivity contribution in [2.45, 2.75) is 12.7 Å². The van der Waals surface area contributed by atoms with Crippen molar-refractivity contribution in [3.63, 3.8) is 0 Å². The Labute approximate surface area is 128 Å². The van der Waals surface area contributed by atoms with Crippen molar-refractivity contribution in [1.82, 2.24) is 4.90 Å². The summed E-state index contributed by atoms with van der Waals surface area (Å²) in [6, 6.07) is 3.19. The van der Waals surface area contributed by atoms with E-state index in [9.17, 15) is 26.7 Å². The first-order chi connectivity index (χ1) is 10.6. The predicted octanol–water partition coefficient (Wildman–Crippen LogP) is 1.93. The summed E-state index contributed by atoms with van der Waals surface area (Å²) < 4.78 is 66.4. The lowest BCUT2D eigenvalue weighted by Crippen LogP contribution is -2.37. The Balaban J connectivity index is 2.23. The highest BCUT2D eigenvalue weighted by molar-refractivity contribution is 5.77. The molecule has 1 heterocycles. The average molecular weight is 333 g/mol. The van der Waals surface area contributed by atoms with Gasteiger partial charge in [0.15, 0.2) is 0 Å². The van der Waals surface area contributed by atoms with Gasteiger partial charge in [-0.05, 0) is 12.1 Å². The molecule has 1 fully saturated rings. The number of amides is 1. The second kappa shape index (κ2) is 6.12. The van der Waals surface area contributed by atoms with E-state index in [1.807, 2.05) is 0 Å². The Kier molecular flexibility index (Phi) is 4.56. The predicted molar refractivity (Wildman–Crippen MR) is 68.6 cm³/mol. The van der Waals surface area contributed by atoms with E-state index in [4.69, 9.17) is 11.0 Å². The molecule has 4 nitrogen and oxygen atoms in total. The van der Waals surface area contributed by atoms with Crippen LogP contribution in [0.2, 0.25) is 0 Å². The lowest BCUT2D eigenvalue weighted by molar-refractivity contribution is -0.182. The van der Waals surface area contributed by atoms with Crippen LogP contribution >= 0.6 is 0 Å². The first-order valence-electron chi connectivity index (χ1n) is 6.60. The molecule has 23 heavy (non-hydrogen) atoms. The smallest absolute Gasteiger partial charge is 0.369 e. The molecule has 9 heteroatoms. The number of halogens is 5. The molecule has 0 aromatic heterocycles. The van der Waals surface area contributed by atoms with E-state index in [-0.39, 0.29) is 12.1 Å². The van der Waals surface area contributed by atoms with Gasteiger partial charge in [0.05, 0.1) is 23.5 Å². The summed E-state index contributed by atoms with van der Waals surface area (Å²) in [5.41, 5.74) is 4.31. The molecular formula is C14H12F5N3O. The zero-order valence-corrected chi connectivity index (χ0v) is 11.7. The largest absolute Gasteiger partial charge is 0.393 e. The molecule has 1 saturated heterocycles. The van der Waals surface area contributed by atoms with Gasteiger partial charge in [-0.1, -0.05) is 0 Å². The van der Waals surface area contributed by atoms with E-state index >= 15 is 0 Å². The average Bonchev–Trinajstić information content (AvgIpc) is 2.87. The summed E-state index contributed by atoms with van der Waals surface area (Å²) >= 11 is 0. The fourth-order valence-corrected chi connectivity index (χ4v) is 2.68. The van der Waals surface area contributed by atoms with Gasteiger partial charge < -0.3 is 5.73 Å². The number of nitrogens with two attached hydrogens (primary N) is 1. The van der Waals surface area contributed by atoms with Gasteiger partial charge in [0, 0.05) is 25.2 Å². The standard InChI is InChI=1S/C14H12F5N3O/c15-11-1-7(3-20)2-12(16)9(11)5-22-4-8(13(21)23)10(6-22)14(17,18)19/h1-2,8,10H,4-6H2,(H2,21,23)/t8-,10-/m1/s1. The van der Waals surface area contributed by atoms with Gasteiger partial charge in [-0.25, -0.2) is 8.78 Å². The number of carbonyl (C=O) groups is 1. The highest BCUT2D eigenvalue weighted by Gasteiger charge is 2.51. The molecule has 1 aliphatic rings. The SMILES string of the molecule is N#Cc1cc(F)c(CN2C[C@@H](C(F)(F)F)[C@H](C(N)=O)C2)c(F)c1. The van der Waals surface area contributed by atoms with Crippen LogP contribution in [0.15, 0.2) is 12.1 Å². The van der Waals surface area contributed by atoms with Crippen LogP contribution in [0.4, 0.5) is 22.0 Å². The number of rotatable bonds is 3. The molecule has 2 N–H and O–H groups in total. The van der Waals surface area contributed by atoms with Crippen LogP contribution < -0.4 is 5.73 Å². The summed E-state index contributed by atoms with van der Waals surface area (Å²) in [4.78, 5) is 12.3. The van der Waals surface area contributed by atoms with E-state index in [0.717, 1.165) is 17.0 Å². The number of carbonyl (C=O) groups excluding carboxylic acids is 1. The number of hydrogen-bond acceptors (Lipinski definition) is 3. The van der Waals surface area contributed by atoms with Gasteiger partial charge in [0.25, 0.3) is 0 Å². The highest BCUT2D eigenvalue weighted by atomic mass is 19.4. The maximum atomic E-state index is 13.8. The molecule has 0 saturated carbocycles. The molecule has 2 rings (SSSR count). The number of benzene rings is 1. The number of likely N-dealkylation sites (tertiary alicyclic amines) is 1. The van der Waals surface area contributed by atoms with Gasteiger partial charge in [-0.2, -0.15) is 18.4 Å². The number of nitrogens with zero attached hydrogens (tertiary/aromatic N) is 2. The van der Waals surface area contributed by atoms with Crippen molar-refractivity contribution in [3.05, 3.63) is 34.9 Å². The van der Waals surface area contributed by atoms with Gasteiger partial charge in [-0.15, -0.1) is 0 Å². The summed E-state index contributed by atoms with van der Waals surface area (Å²) in [5.74, 6) is -6.57. The van der Waals surface area contributed by atoms with Gasteiger partial charge >= 0.3 is 6.18 Å². The van der Waals surface area contributed by atoms with Crippen LogP contribution in [-0.4, -0.2) is 30.1 Å². The summed E-state index contributed by atoms with van der Waals surface area (Å²) in [7, 11) is 0. The minimum absolute atomic E-state index is 0.228. The Hall–Kier alpha value is -2.21. The molecule has 0 aliphatic carbocycles. The first-order valence-corrected chi connectivity index (χ1v) is 6.60. The first kappa shape index (κ1) is 17.1. The van der Waals surface area contributed by atoms with Crippen molar-refractivity contribution in [2.24, 2.45) is 17.6 Å². The second-order valence-electron chi connectivity index (χ2n) is 5.38. The van der Waals surface area contributed by atoms with Gasteiger partial charge in [-0.3, -0.25) is 9.69 Å². The van der Waals surface area contributed by atoms with E-state index < -0.39 is 54.2 Å². The number of alkyl halides is 3. The monoisotopic (exact) mass is 333 g/mol. The highest BCUT2D eigenvalue weighted by Crippen LogP contribution is 2.38. The lowest BCUT2D eigenvalue weighted by Gasteiger charge is -2.19. The van der Waals surface area contributed by atoms with Gasteiger partial charge in [0.2, 0.25) is 5.91 Å². The number of hydrogen-bond donors (Lipinski definition) is 1. The van der Waals surface area contributed by atoms with Crippen molar-refractivity contribution < 1.29 is 26.7 Å². The summed E-state index contributed by atoms with van der Waals surface area (Å²) in [6.07, 6.45) is -4.63. The topological polar surface area (TPSA) is 70.1 Å². The number of primary amides is 1. The molecule has 2 atom stereocenters. The Bertz CT molecular complexity index is 644. The van der Waals surface area contributed by atoms with Crippen LogP contribution in [-0.2, 0) is 11.3 Å². The molecule has 0 bridgehead atoms. The number of nitriles is 1. The Morgan fingerprint density at radius 3 is 2.26 bits per heavy atom. The molecule has 1 aromatic carbocycles. The molecule has 0 unspecified atom stereocenters. The van der Waals surface area contributed by atoms with Crippen LogP contribution in [0.1, 0.15) is 11.1 Å². The third-order valence-electron chi connectivity index (χ3n) is 3.83. The van der Waals surface area contributed by atoms with E-state index in [2.05, 4.69) is 0 Å². The fraction of sp³-hybridized carbons (Fsp3) is 0.429. The maximum absolute atomic E-state index is 13.8. The summed E-state index contributed by atoms with van der Waals surface area (Å²) in [5, 5.41) is 8.61. The molecular weight excluding hydrogens is 321 g/mol. The quantitative estimate of drug-likeness (QED) is 0.860. The molecule has 1 amide bonds. The van der Waals surface area contributed by atoms with Crippen molar-refractivity contribution in [1.29, 1.82) is 5.26 Å². The lowest BCUT2D eigenvalue weighted by atomic mass is 9.95. The van der Waals surface area contributed by atoms with Crippen LogP contribution in [0.5, 0.6) is 0 Å². The molecule has 0 spiro atoms. The third-order valence-corrected chi connectivity index (χ3v) is 3.83. The van der Waals surface area contributed by atoms with Crippen molar-refractivity contribution in [2.75, 3.05) is 13.1 Å². The van der Waals surface area contributed by atoms with E-state index in [0.29, 0.717) is 0 Å². The molecule has 0 radical (unpaired) electrons. The normalized spacial score (nSPS) is 22.1. The van der Waals surface area contributed by atoms with Crippen LogP contribution in [0.25, 0.3) is 0 Å².